The van der Waals surface area contributed by atoms with Crippen molar-refractivity contribution in [2.75, 3.05) is 26.3 Å². The molecule has 0 aliphatic carbocycles. The first-order valence-corrected chi connectivity index (χ1v) is 13.4. The van der Waals surface area contributed by atoms with Crippen LogP contribution in [0.1, 0.15) is 59.3 Å². The summed E-state index contributed by atoms with van der Waals surface area (Å²) in [6, 6.07) is 9.15. The minimum Gasteiger partial charge on any atom is -0.488 e. The predicted molar refractivity (Wildman–Crippen MR) is 139 cm³/mol. The molecule has 0 radical (unpaired) electrons. The van der Waals surface area contributed by atoms with Gasteiger partial charge in [0.25, 0.3) is 5.91 Å². The minimum atomic E-state index is -0.865. The number of carbonyl (C=O) groups is 3. The van der Waals surface area contributed by atoms with Crippen LogP contribution in [0.5, 0.6) is 5.75 Å². The van der Waals surface area contributed by atoms with E-state index in [0.717, 1.165) is 49.0 Å². The summed E-state index contributed by atoms with van der Waals surface area (Å²) >= 11 is 1.36. The topological polar surface area (TPSA) is 111 Å². The highest BCUT2D eigenvalue weighted by Crippen LogP contribution is 2.33. The zero-order chi connectivity index (χ0) is 26.6. The highest BCUT2D eigenvalue weighted by molar-refractivity contribution is 7.14. The number of rotatable bonds is 10. The van der Waals surface area contributed by atoms with Gasteiger partial charge in [-0.05, 0) is 56.5 Å². The van der Waals surface area contributed by atoms with E-state index in [2.05, 4.69) is 17.0 Å². The number of primary amides is 1. The molecule has 2 N–H and O–H groups in total. The highest BCUT2D eigenvalue weighted by Gasteiger charge is 2.37. The molecule has 1 unspecified atom stereocenters. The summed E-state index contributed by atoms with van der Waals surface area (Å²) in [5, 5.41) is 0. The second-order valence-corrected chi connectivity index (χ2v) is 11.5. The molecule has 2 amide bonds. The Hall–Kier alpha value is -2.95. The fourth-order valence-electron chi connectivity index (χ4n) is 4.45. The van der Waals surface area contributed by atoms with Crippen molar-refractivity contribution in [3.05, 3.63) is 51.2 Å². The van der Waals surface area contributed by atoms with Gasteiger partial charge in [-0.2, -0.15) is 0 Å². The third-order valence-corrected chi connectivity index (χ3v) is 7.36. The van der Waals surface area contributed by atoms with Crippen LogP contribution >= 0.6 is 11.3 Å². The molecule has 10 heteroatoms. The number of nitrogens with zero attached hydrogens (tertiary/aromatic N) is 2. The summed E-state index contributed by atoms with van der Waals surface area (Å²) in [6.45, 7) is 10.3. The van der Waals surface area contributed by atoms with Gasteiger partial charge >= 0.3 is 5.97 Å². The van der Waals surface area contributed by atoms with E-state index in [1.54, 1.807) is 20.8 Å². The Morgan fingerprint density at radius 1 is 1.16 bits per heavy atom. The van der Waals surface area contributed by atoms with Gasteiger partial charge in [0.1, 0.15) is 24.0 Å². The van der Waals surface area contributed by atoms with Crippen LogP contribution in [-0.4, -0.2) is 65.5 Å². The molecule has 0 spiro atoms. The predicted octanol–water partition coefficient (Wildman–Crippen LogP) is 3.09. The molecular formula is C27H35N3O6S. The Balaban J connectivity index is 1.30. The maximum atomic E-state index is 13.1. The molecule has 1 fully saturated rings. The first kappa shape index (κ1) is 27.1. The first-order valence-electron chi connectivity index (χ1n) is 12.5. The Bertz CT molecular complexity index is 1120. The molecular weight excluding hydrogens is 494 g/mol. The van der Waals surface area contributed by atoms with Crippen molar-refractivity contribution in [1.82, 2.24) is 9.80 Å². The lowest BCUT2D eigenvalue weighted by atomic mass is 10.1. The van der Waals surface area contributed by atoms with E-state index in [0.29, 0.717) is 11.5 Å². The molecule has 2 aliphatic heterocycles. The number of hydrogen-bond acceptors (Lipinski definition) is 8. The average Bonchev–Trinajstić information content (AvgIpc) is 3.37. The van der Waals surface area contributed by atoms with E-state index in [-0.39, 0.29) is 25.3 Å². The van der Waals surface area contributed by atoms with Crippen LogP contribution in [0.2, 0.25) is 0 Å². The zero-order valence-electron chi connectivity index (χ0n) is 21.7. The minimum absolute atomic E-state index is 0.00658. The Morgan fingerprint density at radius 3 is 2.49 bits per heavy atom. The second kappa shape index (κ2) is 11.6. The van der Waals surface area contributed by atoms with Crippen molar-refractivity contribution < 1.29 is 28.6 Å². The summed E-state index contributed by atoms with van der Waals surface area (Å²) in [6.07, 6.45) is 0.134. The number of ether oxygens (including phenoxy) is 3. The first-order chi connectivity index (χ1) is 17.6. The van der Waals surface area contributed by atoms with Gasteiger partial charge in [0.05, 0.1) is 18.1 Å². The van der Waals surface area contributed by atoms with Crippen LogP contribution in [0.3, 0.4) is 0 Å². The number of esters is 1. The van der Waals surface area contributed by atoms with Crippen molar-refractivity contribution in [3.8, 4) is 5.75 Å². The summed E-state index contributed by atoms with van der Waals surface area (Å²) in [4.78, 5) is 42.6. The molecule has 37 heavy (non-hydrogen) atoms. The standard InChI is InChI=1S/C27H35N3O6S/c1-27(2,3)36-23(31)9-8-22(25(28)32)30-16-19-14-21(37-24(19)26(30)33)17-35-20-6-4-18(5-7-20)15-29-10-12-34-13-11-29/h4-7,14,22H,8-13,15-17H2,1-3H3,(H2,28,32). The van der Waals surface area contributed by atoms with E-state index in [4.69, 9.17) is 19.9 Å². The van der Waals surface area contributed by atoms with Gasteiger partial charge in [-0.15, -0.1) is 11.3 Å². The third-order valence-electron chi connectivity index (χ3n) is 6.22. The molecule has 0 saturated carbocycles. The van der Waals surface area contributed by atoms with Crippen molar-refractivity contribution in [2.24, 2.45) is 5.73 Å². The van der Waals surface area contributed by atoms with E-state index < -0.39 is 23.5 Å². The van der Waals surface area contributed by atoms with E-state index in [1.165, 1.54) is 21.8 Å². The zero-order valence-corrected chi connectivity index (χ0v) is 22.5. The van der Waals surface area contributed by atoms with Crippen molar-refractivity contribution in [2.45, 2.75) is 65.0 Å². The van der Waals surface area contributed by atoms with Crippen molar-refractivity contribution >= 4 is 29.1 Å². The van der Waals surface area contributed by atoms with Crippen molar-refractivity contribution in [1.29, 1.82) is 0 Å². The number of benzene rings is 1. The van der Waals surface area contributed by atoms with Gasteiger partial charge in [0.15, 0.2) is 0 Å². The number of thiophene rings is 1. The summed E-state index contributed by atoms with van der Waals surface area (Å²) in [5.74, 6) is -0.531. The number of hydrogen-bond donors (Lipinski definition) is 1. The molecule has 1 aromatic carbocycles. The second-order valence-electron chi connectivity index (χ2n) is 10.4. The molecule has 2 aromatic rings. The summed E-state index contributed by atoms with van der Waals surface area (Å²) in [7, 11) is 0. The fourth-order valence-corrected chi connectivity index (χ4v) is 5.50. The number of nitrogens with two attached hydrogens (primary N) is 1. The van der Waals surface area contributed by atoms with Crippen LogP contribution in [0.15, 0.2) is 30.3 Å². The molecule has 2 aliphatic rings. The van der Waals surface area contributed by atoms with Crippen LogP contribution in [-0.2, 0) is 38.8 Å². The van der Waals surface area contributed by atoms with Gasteiger partial charge in [0, 0.05) is 37.5 Å². The van der Waals surface area contributed by atoms with Gasteiger partial charge in [-0.3, -0.25) is 19.3 Å². The maximum Gasteiger partial charge on any atom is 0.306 e. The molecule has 4 rings (SSSR count). The Labute approximate surface area is 221 Å². The van der Waals surface area contributed by atoms with Gasteiger partial charge in [-0.25, -0.2) is 0 Å². The fraction of sp³-hybridized carbons (Fsp3) is 0.519. The summed E-state index contributed by atoms with van der Waals surface area (Å²) < 4.78 is 16.7. The van der Waals surface area contributed by atoms with Crippen LogP contribution in [0.4, 0.5) is 0 Å². The molecule has 1 atom stereocenters. The van der Waals surface area contributed by atoms with E-state index >= 15 is 0 Å². The van der Waals surface area contributed by atoms with Crippen LogP contribution in [0, 0.1) is 0 Å². The molecule has 9 nitrogen and oxygen atoms in total. The number of morpholine rings is 1. The lowest BCUT2D eigenvalue weighted by Gasteiger charge is -2.26. The Kier molecular flexibility index (Phi) is 8.51. The summed E-state index contributed by atoms with van der Waals surface area (Å²) in [5.41, 5.74) is 7.05. The molecule has 1 aromatic heterocycles. The quantitative estimate of drug-likeness (QED) is 0.471. The lowest BCUT2D eigenvalue weighted by molar-refractivity contribution is -0.155. The van der Waals surface area contributed by atoms with Crippen molar-refractivity contribution in [3.63, 3.8) is 0 Å². The maximum absolute atomic E-state index is 13.1. The number of carbonyl (C=O) groups excluding carboxylic acids is 3. The van der Waals surface area contributed by atoms with Crippen LogP contribution in [0.25, 0.3) is 0 Å². The van der Waals surface area contributed by atoms with E-state index in [9.17, 15) is 14.4 Å². The monoisotopic (exact) mass is 529 g/mol. The van der Waals surface area contributed by atoms with Gasteiger partial charge in [-0.1, -0.05) is 12.1 Å². The number of fused-ring (bicyclic) bond motifs is 1. The third kappa shape index (κ3) is 7.30. The number of amides is 2. The largest absolute Gasteiger partial charge is 0.488 e. The van der Waals surface area contributed by atoms with Gasteiger partial charge in [0.2, 0.25) is 5.91 Å². The molecule has 0 bridgehead atoms. The lowest BCUT2D eigenvalue weighted by Crippen LogP contribution is -2.45. The SMILES string of the molecule is CC(C)(C)OC(=O)CCC(C(N)=O)N1Cc2cc(COc3ccc(CN4CCOCC4)cc3)sc2C1=O. The molecule has 1 saturated heterocycles. The smallest absolute Gasteiger partial charge is 0.306 e. The van der Waals surface area contributed by atoms with Gasteiger partial charge < -0.3 is 24.8 Å². The van der Waals surface area contributed by atoms with E-state index in [1.807, 2.05) is 18.2 Å². The molecule has 200 valence electrons. The normalized spacial score (nSPS) is 16.9. The highest BCUT2D eigenvalue weighted by atomic mass is 32.1. The van der Waals surface area contributed by atoms with Crippen LogP contribution < -0.4 is 10.5 Å². The average molecular weight is 530 g/mol. The Morgan fingerprint density at radius 2 is 1.86 bits per heavy atom. The molecule has 3 heterocycles.